The molecule has 0 unspecified atom stereocenters. The number of aryl methyl sites for hydroxylation is 1. The lowest BCUT2D eigenvalue weighted by Gasteiger charge is -2.27. The van der Waals surface area contributed by atoms with Gasteiger partial charge in [0.1, 0.15) is 16.8 Å². The van der Waals surface area contributed by atoms with Crippen molar-refractivity contribution in [2.24, 2.45) is 0 Å². The van der Waals surface area contributed by atoms with Crippen molar-refractivity contribution >= 4 is 21.4 Å². The van der Waals surface area contributed by atoms with Gasteiger partial charge in [-0.2, -0.15) is 0 Å². The second-order valence-corrected chi connectivity index (χ2v) is 8.91. The van der Waals surface area contributed by atoms with E-state index in [1.807, 2.05) is 6.92 Å². The molecule has 0 bridgehead atoms. The number of rotatable bonds is 4. The Kier molecular flexibility index (Phi) is 4.91. The monoisotopic (exact) mass is 423 g/mol. The van der Waals surface area contributed by atoms with Crippen LogP contribution >= 0.6 is 0 Å². The third-order valence-electron chi connectivity index (χ3n) is 5.00. The summed E-state index contributed by atoms with van der Waals surface area (Å²) in [5.41, 5.74) is 1.65. The minimum Gasteiger partial charge on any atom is -0.502 e. The van der Waals surface area contributed by atoms with Gasteiger partial charge in [0.2, 0.25) is 9.84 Å². The van der Waals surface area contributed by atoms with Crippen LogP contribution in [0.5, 0.6) is 0 Å². The summed E-state index contributed by atoms with van der Waals surface area (Å²) in [5.74, 6) is -2.17. The standard InChI is InChI=1S/C23H18FNO4S/c1-15-7-13-19(14-8-15)30(28,29)22-20(16-9-11-17(24)12-10-16)25(23(27)21(22)26)18-5-3-2-4-6-18/h2-14,20,26H,1H3/t20-/m1/s1. The van der Waals surface area contributed by atoms with Crippen molar-refractivity contribution in [3.8, 4) is 0 Å². The molecule has 3 aromatic carbocycles. The van der Waals surface area contributed by atoms with E-state index < -0.39 is 38.3 Å². The number of halogens is 1. The van der Waals surface area contributed by atoms with Gasteiger partial charge in [0, 0.05) is 5.69 Å². The number of carbonyl (C=O) groups is 1. The Morgan fingerprint density at radius 2 is 1.50 bits per heavy atom. The zero-order valence-electron chi connectivity index (χ0n) is 16.0. The van der Waals surface area contributed by atoms with Crippen molar-refractivity contribution in [3.05, 3.63) is 106 Å². The first-order valence-corrected chi connectivity index (χ1v) is 10.7. The number of amides is 1. The highest BCUT2D eigenvalue weighted by Crippen LogP contribution is 2.44. The largest absolute Gasteiger partial charge is 0.502 e. The third-order valence-corrected chi connectivity index (χ3v) is 6.89. The van der Waals surface area contributed by atoms with E-state index in [4.69, 9.17) is 0 Å². The topological polar surface area (TPSA) is 74.7 Å². The second kappa shape index (κ2) is 7.42. The lowest BCUT2D eigenvalue weighted by molar-refractivity contribution is -0.117. The van der Waals surface area contributed by atoms with E-state index in [2.05, 4.69) is 0 Å². The predicted octanol–water partition coefficient (Wildman–Crippen LogP) is 4.47. The van der Waals surface area contributed by atoms with Gasteiger partial charge in [0.15, 0.2) is 5.76 Å². The minimum atomic E-state index is -4.21. The molecule has 0 aliphatic carbocycles. The number of hydrogen-bond acceptors (Lipinski definition) is 4. The highest BCUT2D eigenvalue weighted by Gasteiger charge is 2.47. The Bertz CT molecular complexity index is 1230. The van der Waals surface area contributed by atoms with Gasteiger partial charge in [-0.05, 0) is 48.9 Å². The van der Waals surface area contributed by atoms with Crippen LogP contribution in [0, 0.1) is 12.7 Å². The molecular weight excluding hydrogens is 405 g/mol. The summed E-state index contributed by atoms with van der Waals surface area (Å²) >= 11 is 0. The molecule has 0 fully saturated rings. The molecule has 5 nitrogen and oxygen atoms in total. The van der Waals surface area contributed by atoms with Crippen LogP contribution in [0.3, 0.4) is 0 Å². The van der Waals surface area contributed by atoms with E-state index in [0.29, 0.717) is 11.3 Å². The molecule has 1 aliphatic rings. The average Bonchev–Trinajstić information content (AvgIpc) is 3.01. The first-order valence-electron chi connectivity index (χ1n) is 9.19. The van der Waals surface area contributed by atoms with Crippen molar-refractivity contribution in [2.45, 2.75) is 17.9 Å². The molecular formula is C23H18FNO4S. The number of benzene rings is 3. The van der Waals surface area contributed by atoms with E-state index in [1.54, 1.807) is 42.5 Å². The normalized spacial score (nSPS) is 16.9. The van der Waals surface area contributed by atoms with Crippen molar-refractivity contribution in [3.63, 3.8) is 0 Å². The number of carbonyl (C=O) groups excluding carboxylic acids is 1. The average molecular weight is 423 g/mol. The maximum atomic E-state index is 13.5. The molecule has 1 aliphatic heterocycles. The van der Waals surface area contributed by atoms with Crippen LogP contribution in [-0.4, -0.2) is 19.4 Å². The number of anilines is 1. The van der Waals surface area contributed by atoms with E-state index in [0.717, 1.165) is 5.56 Å². The molecule has 30 heavy (non-hydrogen) atoms. The van der Waals surface area contributed by atoms with Crippen molar-refractivity contribution in [1.29, 1.82) is 0 Å². The molecule has 1 atom stereocenters. The highest BCUT2D eigenvalue weighted by molar-refractivity contribution is 7.95. The summed E-state index contributed by atoms with van der Waals surface area (Å²) < 4.78 is 40.4. The first kappa shape index (κ1) is 19.8. The molecule has 0 saturated heterocycles. The van der Waals surface area contributed by atoms with Gasteiger partial charge in [0.25, 0.3) is 5.91 Å². The number of aliphatic hydroxyl groups is 1. The van der Waals surface area contributed by atoms with E-state index >= 15 is 0 Å². The number of aliphatic hydroxyl groups excluding tert-OH is 1. The summed E-state index contributed by atoms with van der Waals surface area (Å²) in [4.78, 5) is 13.7. The maximum absolute atomic E-state index is 13.5. The minimum absolute atomic E-state index is 0.0375. The summed E-state index contributed by atoms with van der Waals surface area (Å²) in [6.45, 7) is 1.82. The SMILES string of the molecule is Cc1ccc(S(=O)(=O)C2=C(O)C(=O)N(c3ccccc3)[C@@H]2c2ccc(F)cc2)cc1. The smallest absolute Gasteiger partial charge is 0.295 e. The Morgan fingerprint density at radius 3 is 2.10 bits per heavy atom. The molecule has 3 aromatic rings. The van der Waals surface area contributed by atoms with Gasteiger partial charge >= 0.3 is 0 Å². The van der Waals surface area contributed by atoms with Gasteiger partial charge < -0.3 is 5.11 Å². The fourth-order valence-corrected chi connectivity index (χ4v) is 5.13. The number of nitrogens with zero attached hydrogens (tertiary/aromatic N) is 1. The molecule has 4 rings (SSSR count). The summed E-state index contributed by atoms with van der Waals surface area (Å²) in [5, 5.41) is 10.7. The Balaban J connectivity index is 1.94. The Hall–Kier alpha value is -3.45. The van der Waals surface area contributed by atoms with Crippen LogP contribution in [0.4, 0.5) is 10.1 Å². The van der Waals surface area contributed by atoms with Crippen LogP contribution < -0.4 is 4.90 Å². The molecule has 1 N–H and O–H groups in total. The number of sulfone groups is 1. The Morgan fingerprint density at radius 1 is 0.900 bits per heavy atom. The molecule has 152 valence electrons. The second-order valence-electron chi connectivity index (χ2n) is 6.99. The van der Waals surface area contributed by atoms with Gasteiger partial charge in [-0.3, -0.25) is 9.69 Å². The zero-order valence-corrected chi connectivity index (χ0v) is 16.8. The molecule has 1 heterocycles. The van der Waals surface area contributed by atoms with Crippen LogP contribution in [0.1, 0.15) is 17.2 Å². The van der Waals surface area contributed by atoms with Crippen molar-refractivity contribution in [1.82, 2.24) is 0 Å². The van der Waals surface area contributed by atoms with Gasteiger partial charge in [0.05, 0.1) is 4.90 Å². The fraction of sp³-hybridized carbons (Fsp3) is 0.0870. The molecule has 0 spiro atoms. The first-order chi connectivity index (χ1) is 14.3. The molecule has 7 heteroatoms. The van der Waals surface area contributed by atoms with Crippen LogP contribution in [-0.2, 0) is 14.6 Å². The summed E-state index contributed by atoms with van der Waals surface area (Å²) in [6, 6.07) is 18.7. The lowest BCUT2D eigenvalue weighted by atomic mass is 10.1. The maximum Gasteiger partial charge on any atom is 0.295 e. The predicted molar refractivity (Wildman–Crippen MR) is 111 cm³/mol. The van der Waals surface area contributed by atoms with Crippen LogP contribution in [0.25, 0.3) is 0 Å². The summed E-state index contributed by atoms with van der Waals surface area (Å²) in [6.07, 6.45) is 0. The van der Waals surface area contributed by atoms with Gasteiger partial charge in [-0.25, -0.2) is 12.8 Å². The highest BCUT2D eigenvalue weighted by atomic mass is 32.2. The lowest BCUT2D eigenvalue weighted by Crippen LogP contribution is -2.31. The van der Waals surface area contributed by atoms with Crippen LogP contribution in [0.15, 0.2) is 94.4 Å². The summed E-state index contributed by atoms with van der Waals surface area (Å²) in [7, 11) is -4.21. The van der Waals surface area contributed by atoms with E-state index in [-0.39, 0.29) is 4.90 Å². The molecule has 0 saturated carbocycles. The zero-order chi connectivity index (χ0) is 21.5. The van der Waals surface area contributed by atoms with Crippen molar-refractivity contribution < 1.29 is 22.7 Å². The number of para-hydroxylation sites is 1. The Labute approximate surface area is 173 Å². The van der Waals surface area contributed by atoms with Crippen molar-refractivity contribution in [2.75, 3.05) is 4.90 Å². The van der Waals surface area contributed by atoms with Gasteiger partial charge in [-0.1, -0.05) is 48.0 Å². The molecule has 1 amide bonds. The van der Waals surface area contributed by atoms with Crippen LogP contribution in [0.2, 0.25) is 0 Å². The van der Waals surface area contributed by atoms with Gasteiger partial charge in [-0.15, -0.1) is 0 Å². The van der Waals surface area contributed by atoms with E-state index in [1.165, 1.54) is 41.3 Å². The third kappa shape index (κ3) is 3.27. The molecule has 0 radical (unpaired) electrons. The quantitative estimate of drug-likeness (QED) is 0.672. The fourth-order valence-electron chi connectivity index (χ4n) is 3.50. The van der Waals surface area contributed by atoms with E-state index in [9.17, 15) is 22.7 Å². The number of hydrogen-bond donors (Lipinski definition) is 1. The molecule has 0 aromatic heterocycles.